The highest BCUT2D eigenvalue weighted by Crippen LogP contribution is 2.24. The normalized spacial score (nSPS) is 16.5. The molecule has 0 aliphatic carbocycles. The highest BCUT2D eigenvalue weighted by atomic mass is 16.6. The first kappa shape index (κ1) is 22.2. The Bertz CT molecular complexity index is 1170. The van der Waals surface area contributed by atoms with Crippen LogP contribution in [0.4, 0.5) is 4.79 Å². The number of hydrogen-bond donors (Lipinski definition) is 1. The number of aromatic nitrogens is 2. The number of imide groups is 1. The molecule has 2 heterocycles. The van der Waals surface area contributed by atoms with Crippen LogP contribution in [0.2, 0.25) is 0 Å². The van der Waals surface area contributed by atoms with Crippen LogP contribution in [0.1, 0.15) is 45.2 Å². The van der Waals surface area contributed by atoms with Crippen molar-refractivity contribution in [3.8, 4) is 11.8 Å². The van der Waals surface area contributed by atoms with Crippen molar-refractivity contribution in [1.29, 1.82) is 0 Å². The highest BCUT2D eigenvalue weighted by molar-refractivity contribution is 6.00. The summed E-state index contributed by atoms with van der Waals surface area (Å²) < 4.78 is 8.16. The molecule has 9 nitrogen and oxygen atoms in total. The highest BCUT2D eigenvalue weighted by Gasteiger charge is 2.31. The van der Waals surface area contributed by atoms with Gasteiger partial charge in [-0.15, -0.1) is 0 Å². The molecule has 3 amide bonds. The van der Waals surface area contributed by atoms with Crippen LogP contribution in [-0.2, 0) is 21.4 Å². The number of carbonyl (C=O) groups excluding carboxylic acids is 3. The summed E-state index contributed by atoms with van der Waals surface area (Å²) in [6.45, 7) is 5.52. The van der Waals surface area contributed by atoms with E-state index in [0.29, 0.717) is 16.6 Å². The van der Waals surface area contributed by atoms with Gasteiger partial charge in [-0.2, -0.15) is 0 Å². The van der Waals surface area contributed by atoms with E-state index in [9.17, 15) is 19.2 Å². The average molecular weight is 426 g/mol. The molecule has 0 radical (unpaired) electrons. The molecule has 1 aliphatic rings. The molecule has 0 spiro atoms. The van der Waals surface area contributed by atoms with E-state index in [1.54, 1.807) is 53.1 Å². The van der Waals surface area contributed by atoms with Crippen molar-refractivity contribution in [2.45, 2.75) is 45.3 Å². The van der Waals surface area contributed by atoms with Crippen LogP contribution in [-0.4, -0.2) is 51.1 Å². The largest absolute Gasteiger partial charge is 0.444 e. The number of piperidine rings is 1. The van der Waals surface area contributed by atoms with E-state index in [1.807, 2.05) is 0 Å². The van der Waals surface area contributed by atoms with Crippen LogP contribution < -0.4 is 11.0 Å². The van der Waals surface area contributed by atoms with Gasteiger partial charge in [0.05, 0.1) is 23.1 Å². The van der Waals surface area contributed by atoms with E-state index >= 15 is 0 Å². The third-order valence-corrected chi connectivity index (χ3v) is 4.87. The number of hydrogen-bond acceptors (Lipinski definition) is 5. The molecule has 9 heteroatoms. The monoisotopic (exact) mass is 426 g/mol. The Kier molecular flexibility index (Phi) is 5.93. The van der Waals surface area contributed by atoms with E-state index in [2.05, 4.69) is 17.2 Å². The summed E-state index contributed by atoms with van der Waals surface area (Å²) in [7, 11) is 3.21. The lowest BCUT2D eigenvalue weighted by atomic mass is 10.1. The first-order valence-electron chi connectivity index (χ1n) is 9.96. The maximum Gasteiger partial charge on any atom is 0.410 e. The molecule has 1 fully saturated rings. The predicted octanol–water partition coefficient (Wildman–Crippen LogP) is 1.54. The molecule has 31 heavy (non-hydrogen) atoms. The average Bonchev–Trinajstić information content (AvgIpc) is 2.92. The second kappa shape index (κ2) is 8.30. The third-order valence-electron chi connectivity index (χ3n) is 4.87. The van der Waals surface area contributed by atoms with E-state index in [0.717, 1.165) is 0 Å². The van der Waals surface area contributed by atoms with Gasteiger partial charge in [-0.25, -0.2) is 9.59 Å². The molecule has 3 rings (SSSR count). The van der Waals surface area contributed by atoms with Gasteiger partial charge >= 0.3 is 11.8 Å². The number of rotatable bonds is 2. The summed E-state index contributed by atoms with van der Waals surface area (Å²) in [5, 5.41) is 2.29. The van der Waals surface area contributed by atoms with Crippen LogP contribution >= 0.6 is 0 Å². The Morgan fingerprint density at radius 2 is 2.00 bits per heavy atom. The first-order chi connectivity index (χ1) is 14.5. The zero-order chi connectivity index (χ0) is 22.9. The quantitative estimate of drug-likeness (QED) is 0.580. The number of nitrogens with zero attached hydrogens (tertiary/aromatic N) is 3. The van der Waals surface area contributed by atoms with E-state index < -0.39 is 23.6 Å². The summed E-state index contributed by atoms with van der Waals surface area (Å²) in [4.78, 5) is 50.2. The van der Waals surface area contributed by atoms with Crippen molar-refractivity contribution in [2.75, 3.05) is 13.6 Å². The van der Waals surface area contributed by atoms with Gasteiger partial charge in [-0.05, 0) is 39.3 Å². The molecule has 1 aromatic heterocycles. The van der Waals surface area contributed by atoms with Crippen LogP contribution in [0, 0.1) is 11.8 Å². The Labute approximate surface area is 179 Å². The number of nitrogens with one attached hydrogen (secondary N) is 1. The topological polar surface area (TPSA) is 103 Å². The fourth-order valence-electron chi connectivity index (χ4n) is 3.43. The molecule has 1 aromatic carbocycles. The lowest BCUT2D eigenvalue weighted by Crippen LogP contribution is -2.44. The second-order valence-electron chi connectivity index (χ2n) is 8.49. The predicted molar refractivity (Wildman–Crippen MR) is 114 cm³/mol. The van der Waals surface area contributed by atoms with Crippen molar-refractivity contribution < 1.29 is 19.1 Å². The van der Waals surface area contributed by atoms with Gasteiger partial charge in [0.2, 0.25) is 11.8 Å². The molecule has 1 unspecified atom stereocenters. The molecular weight excluding hydrogens is 400 g/mol. The molecule has 0 bridgehead atoms. The fourth-order valence-corrected chi connectivity index (χ4v) is 3.43. The minimum atomic E-state index is -0.754. The standard InChI is InChI=1S/C22H26N4O5/c1-22(2,3)31-21(30)24(4)13-7-9-14-8-6-10-15-18(14)25(5)20(29)26(15)16-11-12-17(27)23-19(16)28/h6,8,10,16H,11-13H2,1-5H3,(H,23,27,28). The summed E-state index contributed by atoms with van der Waals surface area (Å²) in [5.41, 5.74) is 0.797. The van der Waals surface area contributed by atoms with Gasteiger partial charge in [0.15, 0.2) is 0 Å². The van der Waals surface area contributed by atoms with E-state index in [1.165, 1.54) is 14.0 Å². The van der Waals surface area contributed by atoms with Gasteiger partial charge in [0.25, 0.3) is 0 Å². The van der Waals surface area contributed by atoms with Crippen LogP contribution in [0.25, 0.3) is 11.0 Å². The van der Waals surface area contributed by atoms with Gasteiger partial charge in [0.1, 0.15) is 11.6 Å². The molecule has 1 aliphatic heterocycles. The van der Waals surface area contributed by atoms with E-state index in [4.69, 9.17) is 4.74 Å². The van der Waals surface area contributed by atoms with Gasteiger partial charge in [-0.3, -0.25) is 24.0 Å². The summed E-state index contributed by atoms with van der Waals surface area (Å²) >= 11 is 0. The van der Waals surface area contributed by atoms with Crippen molar-refractivity contribution in [3.63, 3.8) is 0 Å². The number of ether oxygens (including phenoxy) is 1. The van der Waals surface area contributed by atoms with Crippen LogP contribution in [0.5, 0.6) is 0 Å². The summed E-state index contributed by atoms with van der Waals surface area (Å²) in [6.07, 6.45) is -0.0351. The molecule has 164 valence electrons. The number of carbonyl (C=O) groups is 3. The van der Waals surface area contributed by atoms with Crippen molar-refractivity contribution >= 4 is 28.9 Å². The maximum absolute atomic E-state index is 12.9. The van der Waals surface area contributed by atoms with Crippen molar-refractivity contribution in [2.24, 2.45) is 7.05 Å². The maximum atomic E-state index is 12.9. The molecule has 1 saturated heterocycles. The second-order valence-corrected chi connectivity index (χ2v) is 8.49. The minimum Gasteiger partial charge on any atom is -0.444 e. The van der Waals surface area contributed by atoms with Crippen molar-refractivity contribution in [3.05, 3.63) is 34.2 Å². The smallest absolute Gasteiger partial charge is 0.410 e. The Hall–Kier alpha value is -3.54. The molecule has 0 saturated carbocycles. The van der Waals surface area contributed by atoms with Crippen molar-refractivity contribution in [1.82, 2.24) is 19.4 Å². The lowest BCUT2D eigenvalue weighted by molar-refractivity contribution is -0.135. The number of aryl methyl sites for hydroxylation is 1. The number of imidazole rings is 1. The van der Waals surface area contributed by atoms with Gasteiger partial charge < -0.3 is 9.64 Å². The molecule has 1 N–H and O–H groups in total. The fraction of sp³-hybridized carbons (Fsp3) is 0.455. The van der Waals surface area contributed by atoms with E-state index in [-0.39, 0.29) is 31.0 Å². The Morgan fingerprint density at radius 3 is 2.65 bits per heavy atom. The molecular formula is C22H26N4O5. The zero-order valence-corrected chi connectivity index (χ0v) is 18.3. The van der Waals surface area contributed by atoms with Gasteiger partial charge in [0, 0.05) is 20.5 Å². The zero-order valence-electron chi connectivity index (χ0n) is 18.3. The number of amides is 3. The summed E-state index contributed by atoms with van der Waals surface area (Å²) in [5.74, 6) is 5.13. The molecule has 2 aromatic rings. The molecule has 1 atom stereocenters. The third kappa shape index (κ3) is 4.63. The lowest BCUT2D eigenvalue weighted by Gasteiger charge is -2.23. The Morgan fingerprint density at radius 1 is 1.29 bits per heavy atom. The van der Waals surface area contributed by atoms with Crippen LogP contribution in [0.15, 0.2) is 23.0 Å². The number of benzene rings is 1. The number of para-hydroxylation sites is 1. The number of fused-ring (bicyclic) bond motifs is 1. The van der Waals surface area contributed by atoms with Gasteiger partial charge in [-0.1, -0.05) is 17.9 Å². The minimum absolute atomic E-state index is 0.146. The Balaban J connectivity index is 1.92. The van der Waals surface area contributed by atoms with Crippen LogP contribution in [0.3, 0.4) is 0 Å². The summed E-state index contributed by atoms with van der Waals surface area (Å²) in [6, 6.07) is 4.52. The SMILES string of the molecule is CN(CC#Cc1cccc2c1n(C)c(=O)n2C1CCC(=O)NC1=O)C(=O)OC(C)(C)C. The first-order valence-corrected chi connectivity index (χ1v) is 9.96.